The monoisotopic (exact) mass is 238 g/mol. The van der Waals surface area contributed by atoms with Crippen LogP contribution in [0.2, 0.25) is 0 Å². The number of carboxylic acid groups (broad SMARTS) is 1. The fourth-order valence-corrected chi connectivity index (χ4v) is 1.51. The van der Waals surface area contributed by atoms with Gasteiger partial charge in [0.2, 0.25) is 0 Å². The number of unbranched alkanes of at least 4 members (excludes halogenated alkanes) is 2. The number of rotatable bonds is 7. The molecule has 1 aromatic rings. The van der Waals surface area contributed by atoms with E-state index in [1.807, 2.05) is 13.0 Å². The Morgan fingerprint density at radius 3 is 2.71 bits per heavy atom. The van der Waals surface area contributed by atoms with E-state index >= 15 is 0 Å². The molecule has 2 N–H and O–H groups in total. The molecule has 0 aliphatic carbocycles. The first-order valence-electron chi connectivity index (χ1n) is 5.72. The molecule has 4 nitrogen and oxygen atoms in total. The van der Waals surface area contributed by atoms with Crippen molar-refractivity contribution >= 4 is 5.97 Å². The lowest BCUT2D eigenvalue weighted by Gasteiger charge is -2.09. The summed E-state index contributed by atoms with van der Waals surface area (Å²) >= 11 is 0. The maximum atomic E-state index is 11.0. The normalized spacial score (nSPS) is 10.2. The van der Waals surface area contributed by atoms with Crippen LogP contribution in [0.25, 0.3) is 0 Å². The molecule has 0 amide bonds. The van der Waals surface area contributed by atoms with Gasteiger partial charge in [-0.25, -0.2) is 4.79 Å². The topological polar surface area (TPSA) is 66.8 Å². The summed E-state index contributed by atoms with van der Waals surface area (Å²) in [7, 11) is 0. The number of carbonyl (C=O) groups is 1. The van der Waals surface area contributed by atoms with Crippen LogP contribution in [-0.2, 0) is 0 Å². The number of carboxylic acids is 1. The predicted molar refractivity (Wildman–Crippen MR) is 64.6 cm³/mol. The number of benzene rings is 1. The van der Waals surface area contributed by atoms with Crippen molar-refractivity contribution in [1.29, 1.82) is 0 Å². The van der Waals surface area contributed by atoms with Gasteiger partial charge >= 0.3 is 5.97 Å². The molecular formula is C13H18O4. The quantitative estimate of drug-likeness (QED) is 0.715. The first-order chi connectivity index (χ1) is 8.15. The molecule has 0 aliphatic heterocycles. The average molecular weight is 238 g/mol. The van der Waals surface area contributed by atoms with Crippen molar-refractivity contribution in [3.63, 3.8) is 0 Å². The van der Waals surface area contributed by atoms with E-state index in [2.05, 4.69) is 0 Å². The second-order valence-electron chi connectivity index (χ2n) is 3.94. The van der Waals surface area contributed by atoms with Crippen LogP contribution >= 0.6 is 0 Å². The Morgan fingerprint density at radius 2 is 2.06 bits per heavy atom. The molecule has 0 spiro atoms. The number of hydrogen-bond acceptors (Lipinski definition) is 3. The summed E-state index contributed by atoms with van der Waals surface area (Å²) in [6.45, 7) is 2.51. The van der Waals surface area contributed by atoms with Crippen molar-refractivity contribution in [2.24, 2.45) is 0 Å². The molecule has 0 atom stereocenters. The molecule has 0 saturated carbocycles. The smallest absolute Gasteiger partial charge is 0.339 e. The lowest BCUT2D eigenvalue weighted by atomic mass is 10.1. The summed E-state index contributed by atoms with van der Waals surface area (Å²) in [6, 6.07) is 5.12. The van der Waals surface area contributed by atoms with E-state index in [0.29, 0.717) is 12.4 Å². The predicted octanol–water partition coefficient (Wildman–Crippen LogP) is 2.23. The summed E-state index contributed by atoms with van der Waals surface area (Å²) in [5.41, 5.74) is 1.10. The van der Waals surface area contributed by atoms with Crippen molar-refractivity contribution in [3.8, 4) is 5.75 Å². The standard InChI is InChI=1S/C13H18O4/c1-10-5-6-12(11(9-10)13(15)16)17-8-4-2-3-7-14/h5-6,9,14H,2-4,7-8H2,1H3,(H,15,16). The van der Waals surface area contributed by atoms with Crippen LogP contribution in [0.5, 0.6) is 5.75 Å². The van der Waals surface area contributed by atoms with Crippen molar-refractivity contribution in [2.75, 3.05) is 13.2 Å². The Labute approximate surface area is 101 Å². The van der Waals surface area contributed by atoms with E-state index in [0.717, 1.165) is 24.8 Å². The minimum Gasteiger partial charge on any atom is -0.493 e. The third-order valence-corrected chi connectivity index (χ3v) is 2.43. The lowest BCUT2D eigenvalue weighted by Crippen LogP contribution is -2.05. The molecule has 94 valence electrons. The van der Waals surface area contributed by atoms with Crippen LogP contribution in [-0.4, -0.2) is 29.4 Å². The van der Waals surface area contributed by atoms with E-state index in [9.17, 15) is 4.79 Å². The summed E-state index contributed by atoms with van der Waals surface area (Å²) in [5, 5.41) is 17.6. The number of aliphatic hydroxyl groups is 1. The van der Waals surface area contributed by atoms with Gasteiger partial charge in [0, 0.05) is 6.61 Å². The highest BCUT2D eigenvalue weighted by Crippen LogP contribution is 2.20. The third-order valence-electron chi connectivity index (χ3n) is 2.43. The van der Waals surface area contributed by atoms with Crippen LogP contribution < -0.4 is 4.74 Å². The third kappa shape index (κ3) is 4.44. The molecular weight excluding hydrogens is 220 g/mol. The Morgan fingerprint density at radius 1 is 1.29 bits per heavy atom. The zero-order valence-corrected chi connectivity index (χ0v) is 9.98. The van der Waals surface area contributed by atoms with E-state index < -0.39 is 5.97 Å². The number of aromatic carboxylic acids is 1. The highest BCUT2D eigenvalue weighted by Gasteiger charge is 2.10. The molecule has 4 heteroatoms. The van der Waals surface area contributed by atoms with Gasteiger partial charge in [-0.2, -0.15) is 0 Å². The van der Waals surface area contributed by atoms with E-state index in [4.69, 9.17) is 14.9 Å². The fraction of sp³-hybridized carbons (Fsp3) is 0.462. The van der Waals surface area contributed by atoms with Gasteiger partial charge in [0.25, 0.3) is 0 Å². The van der Waals surface area contributed by atoms with Crippen LogP contribution in [0.15, 0.2) is 18.2 Å². The molecule has 1 aromatic carbocycles. The molecule has 0 aliphatic rings. The van der Waals surface area contributed by atoms with Gasteiger partial charge in [0.05, 0.1) is 6.61 Å². The van der Waals surface area contributed by atoms with Gasteiger partial charge in [0.1, 0.15) is 11.3 Å². The van der Waals surface area contributed by atoms with Gasteiger partial charge in [-0.05, 0) is 38.3 Å². The van der Waals surface area contributed by atoms with Gasteiger partial charge in [-0.3, -0.25) is 0 Å². The van der Waals surface area contributed by atoms with Gasteiger partial charge < -0.3 is 14.9 Å². The molecule has 0 saturated heterocycles. The summed E-state index contributed by atoms with van der Waals surface area (Å²) < 4.78 is 5.44. The molecule has 0 fully saturated rings. The van der Waals surface area contributed by atoms with E-state index in [1.165, 1.54) is 0 Å². The fourth-order valence-electron chi connectivity index (χ4n) is 1.51. The largest absolute Gasteiger partial charge is 0.493 e. The first kappa shape index (κ1) is 13.5. The molecule has 17 heavy (non-hydrogen) atoms. The maximum Gasteiger partial charge on any atom is 0.339 e. The molecule has 0 radical (unpaired) electrons. The zero-order chi connectivity index (χ0) is 12.7. The van der Waals surface area contributed by atoms with Crippen LogP contribution in [0.1, 0.15) is 35.2 Å². The SMILES string of the molecule is Cc1ccc(OCCCCCO)c(C(=O)O)c1. The van der Waals surface area contributed by atoms with Crippen molar-refractivity contribution in [2.45, 2.75) is 26.2 Å². The van der Waals surface area contributed by atoms with Gasteiger partial charge in [-0.1, -0.05) is 11.6 Å². The van der Waals surface area contributed by atoms with Crippen molar-refractivity contribution in [1.82, 2.24) is 0 Å². The minimum atomic E-state index is -0.973. The second kappa shape index (κ2) is 6.91. The van der Waals surface area contributed by atoms with E-state index in [1.54, 1.807) is 12.1 Å². The number of hydrogen-bond donors (Lipinski definition) is 2. The van der Waals surface area contributed by atoms with E-state index in [-0.39, 0.29) is 12.2 Å². The second-order valence-corrected chi connectivity index (χ2v) is 3.94. The van der Waals surface area contributed by atoms with Crippen molar-refractivity contribution < 1.29 is 19.7 Å². The molecule has 0 unspecified atom stereocenters. The number of ether oxygens (including phenoxy) is 1. The highest BCUT2D eigenvalue weighted by molar-refractivity contribution is 5.91. The van der Waals surface area contributed by atoms with Gasteiger partial charge in [-0.15, -0.1) is 0 Å². The average Bonchev–Trinajstić information content (AvgIpc) is 2.30. The number of aliphatic hydroxyl groups excluding tert-OH is 1. The Bertz CT molecular complexity index is 374. The maximum absolute atomic E-state index is 11.0. The highest BCUT2D eigenvalue weighted by atomic mass is 16.5. The lowest BCUT2D eigenvalue weighted by molar-refractivity contribution is 0.0692. The van der Waals surface area contributed by atoms with Crippen LogP contribution in [0, 0.1) is 6.92 Å². The summed E-state index contributed by atoms with van der Waals surface area (Å²) in [6.07, 6.45) is 2.45. The Hall–Kier alpha value is -1.55. The van der Waals surface area contributed by atoms with Gasteiger partial charge in [0.15, 0.2) is 0 Å². The summed E-state index contributed by atoms with van der Waals surface area (Å²) in [4.78, 5) is 11.0. The van der Waals surface area contributed by atoms with Crippen molar-refractivity contribution in [3.05, 3.63) is 29.3 Å². The number of aryl methyl sites for hydroxylation is 1. The molecule has 0 heterocycles. The Kier molecular flexibility index (Phi) is 5.49. The summed E-state index contributed by atoms with van der Waals surface area (Å²) in [5.74, 6) is -0.564. The molecule has 0 bridgehead atoms. The van der Waals surface area contributed by atoms with Crippen LogP contribution in [0.4, 0.5) is 0 Å². The van der Waals surface area contributed by atoms with Crippen LogP contribution in [0.3, 0.4) is 0 Å². The zero-order valence-electron chi connectivity index (χ0n) is 9.98. The Balaban J connectivity index is 2.55. The molecule has 1 rings (SSSR count). The molecule has 0 aromatic heterocycles. The minimum absolute atomic E-state index is 0.185. The first-order valence-corrected chi connectivity index (χ1v) is 5.72.